The van der Waals surface area contributed by atoms with Crippen LogP contribution in [0.3, 0.4) is 0 Å². The summed E-state index contributed by atoms with van der Waals surface area (Å²) >= 11 is 0. The molecule has 0 bridgehead atoms. The number of anilines is 1. The number of nitrogens with one attached hydrogen (secondary N) is 2. The van der Waals surface area contributed by atoms with Gasteiger partial charge in [0, 0.05) is 31.7 Å². The van der Waals surface area contributed by atoms with Crippen molar-refractivity contribution in [3.05, 3.63) is 48.3 Å². The molecule has 2 N–H and O–H groups in total. The Balaban J connectivity index is 1.78. The maximum atomic E-state index is 11.7. The van der Waals surface area contributed by atoms with Crippen molar-refractivity contribution in [3.63, 3.8) is 0 Å². The second kappa shape index (κ2) is 8.18. The van der Waals surface area contributed by atoms with Gasteiger partial charge in [-0.15, -0.1) is 0 Å². The Morgan fingerprint density at radius 1 is 1.33 bits per heavy atom. The normalized spacial score (nSPS) is 10.5. The lowest BCUT2D eigenvalue weighted by molar-refractivity contribution is -0.115. The third-order valence-electron chi connectivity index (χ3n) is 2.91. The molecule has 0 unspecified atom stereocenters. The maximum Gasteiger partial charge on any atom is 0.238 e. The van der Waals surface area contributed by atoms with Crippen LogP contribution in [0.1, 0.15) is 5.56 Å². The first-order chi connectivity index (χ1) is 10.3. The molecule has 112 valence electrons. The molecule has 0 aliphatic heterocycles. The molecule has 0 atom stereocenters. The summed E-state index contributed by atoms with van der Waals surface area (Å²) in [6.45, 7) is 2.25. The van der Waals surface area contributed by atoms with Gasteiger partial charge in [0.05, 0.1) is 19.7 Å². The van der Waals surface area contributed by atoms with Crippen molar-refractivity contribution >= 4 is 11.6 Å². The minimum absolute atomic E-state index is 0.0640. The Labute approximate surface area is 124 Å². The van der Waals surface area contributed by atoms with E-state index in [9.17, 15) is 4.79 Å². The van der Waals surface area contributed by atoms with Crippen molar-refractivity contribution in [3.8, 4) is 0 Å². The van der Waals surface area contributed by atoms with E-state index in [-0.39, 0.29) is 12.5 Å². The van der Waals surface area contributed by atoms with Gasteiger partial charge in [-0.2, -0.15) is 5.10 Å². The summed E-state index contributed by atoms with van der Waals surface area (Å²) in [5.41, 5.74) is 1.92. The highest BCUT2D eigenvalue weighted by molar-refractivity contribution is 5.92. The van der Waals surface area contributed by atoms with Gasteiger partial charge in [0.1, 0.15) is 0 Å². The smallest absolute Gasteiger partial charge is 0.238 e. The highest BCUT2D eigenvalue weighted by Crippen LogP contribution is 2.10. The SMILES string of the molecule is COCCNCC(=O)Nc1ccc(Cn2cccn2)cc1. The molecule has 0 fully saturated rings. The number of rotatable bonds is 8. The van der Waals surface area contributed by atoms with Crippen molar-refractivity contribution in [2.75, 3.05) is 32.1 Å². The molecule has 6 nitrogen and oxygen atoms in total. The van der Waals surface area contributed by atoms with E-state index in [0.717, 1.165) is 17.8 Å². The maximum absolute atomic E-state index is 11.7. The second-order valence-corrected chi connectivity index (χ2v) is 4.62. The first-order valence-corrected chi connectivity index (χ1v) is 6.84. The van der Waals surface area contributed by atoms with Crippen LogP contribution in [0, 0.1) is 0 Å². The van der Waals surface area contributed by atoms with E-state index in [1.807, 2.05) is 41.2 Å². The minimum atomic E-state index is -0.0640. The van der Waals surface area contributed by atoms with E-state index in [4.69, 9.17) is 4.74 Å². The molecule has 0 saturated carbocycles. The van der Waals surface area contributed by atoms with E-state index in [1.54, 1.807) is 13.3 Å². The molecule has 2 aromatic rings. The monoisotopic (exact) mass is 288 g/mol. The zero-order valence-corrected chi connectivity index (χ0v) is 12.1. The first-order valence-electron chi connectivity index (χ1n) is 6.84. The van der Waals surface area contributed by atoms with E-state index in [1.165, 1.54) is 0 Å². The molecule has 0 aliphatic carbocycles. The number of aromatic nitrogens is 2. The number of nitrogens with zero attached hydrogens (tertiary/aromatic N) is 2. The van der Waals surface area contributed by atoms with Gasteiger partial charge in [-0.05, 0) is 23.8 Å². The zero-order valence-electron chi connectivity index (χ0n) is 12.1. The number of hydrogen-bond acceptors (Lipinski definition) is 4. The van der Waals surface area contributed by atoms with Gasteiger partial charge in [-0.3, -0.25) is 9.48 Å². The Morgan fingerprint density at radius 2 is 2.14 bits per heavy atom. The van der Waals surface area contributed by atoms with E-state index in [0.29, 0.717) is 13.2 Å². The van der Waals surface area contributed by atoms with E-state index >= 15 is 0 Å². The minimum Gasteiger partial charge on any atom is -0.383 e. The molecule has 2 rings (SSSR count). The number of ether oxygens (including phenoxy) is 1. The summed E-state index contributed by atoms with van der Waals surface area (Å²) in [5, 5.41) is 10.00. The van der Waals surface area contributed by atoms with Gasteiger partial charge in [0.25, 0.3) is 0 Å². The van der Waals surface area contributed by atoms with Gasteiger partial charge < -0.3 is 15.4 Å². The molecule has 0 aliphatic rings. The molecular weight excluding hydrogens is 268 g/mol. The Bertz CT molecular complexity index is 537. The fraction of sp³-hybridized carbons (Fsp3) is 0.333. The van der Waals surface area contributed by atoms with Crippen LogP contribution in [0.4, 0.5) is 5.69 Å². The summed E-state index contributed by atoms with van der Waals surface area (Å²) in [7, 11) is 1.63. The summed E-state index contributed by atoms with van der Waals surface area (Å²) in [6.07, 6.45) is 3.67. The van der Waals surface area contributed by atoms with Crippen molar-refractivity contribution in [2.24, 2.45) is 0 Å². The molecular formula is C15H20N4O2. The van der Waals surface area contributed by atoms with Gasteiger partial charge in [-0.1, -0.05) is 12.1 Å². The molecule has 0 saturated heterocycles. The topological polar surface area (TPSA) is 68.2 Å². The van der Waals surface area contributed by atoms with E-state index in [2.05, 4.69) is 15.7 Å². The third-order valence-corrected chi connectivity index (χ3v) is 2.91. The molecule has 1 aromatic carbocycles. The van der Waals surface area contributed by atoms with Gasteiger partial charge >= 0.3 is 0 Å². The number of benzene rings is 1. The average molecular weight is 288 g/mol. The summed E-state index contributed by atoms with van der Waals surface area (Å²) in [6, 6.07) is 9.65. The van der Waals surface area contributed by atoms with Crippen LogP contribution in [0.5, 0.6) is 0 Å². The Morgan fingerprint density at radius 3 is 2.81 bits per heavy atom. The molecule has 0 radical (unpaired) electrons. The summed E-state index contributed by atoms with van der Waals surface area (Å²) in [4.78, 5) is 11.7. The molecule has 6 heteroatoms. The zero-order chi connectivity index (χ0) is 14.9. The van der Waals surface area contributed by atoms with Crippen molar-refractivity contribution in [2.45, 2.75) is 6.54 Å². The lowest BCUT2D eigenvalue weighted by atomic mass is 10.2. The Kier molecular flexibility index (Phi) is 5.93. The van der Waals surface area contributed by atoms with Crippen LogP contribution < -0.4 is 10.6 Å². The molecule has 1 amide bonds. The Hall–Kier alpha value is -2.18. The molecule has 0 spiro atoms. The fourth-order valence-electron chi connectivity index (χ4n) is 1.86. The van der Waals surface area contributed by atoms with Crippen molar-refractivity contribution < 1.29 is 9.53 Å². The largest absolute Gasteiger partial charge is 0.383 e. The number of carbonyl (C=O) groups excluding carboxylic acids is 1. The van der Waals surface area contributed by atoms with Crippen LogP contribution in [0.15, 0.2) is 42.7 Å². The predicted molar refractivity (Wildman–Crippen MR) is 81.1 cm³/mol. The van der Waals surface area contributed by atoms with Crippen LogP contribution in [0.25, 0.3) is 0 Å². The first kappa shape index (κ1) is 15.2. The lowest BCUT2D eigenvalue weighted by Crippen LogP contribution is -2.30. The van der Waals surface area contributed by atoms with Gasteiger partial charge in [0.15, 0.2) is 0 Å². The second-order valence-electron chi connectivity index (χ2n) is 4.62. The highest BCUT2D eigenvalue weighted by Gasteiger charge is 2.02. The third kappa shape index (κ3) is 5.37. The number of hydrogen-bond donors (Lipinski definition) is 2. The molecule has 21 heavy (non-hydrogen) atoms. The molecule has 1 aromatic heterocycles. The van der Waals surface area contributed by atoms with Gasteiger partial charge in [0.2, 0.25) is 5.91 Å². The standard InChI is InChI=1S/C15H20N4O2/c1-21-10-8-16-11-15(20)18-14-5-3-13(4-6-14)12-19-9-2-7-17-19/h2-7,9,16H,8,10-12H2,1H3,(H,18,20). The lowest BCUT2D eigenvalue weighted by Gasteiger charge is -2.08. The predicted octanol–water partition coefficient (Wildman–Crippen LogP) is 1.11. The number of amides is 1. The summed E-state index contributed by atoms with van der Waals surface area (Å²) < 4.78 is 6.75. The van der Waals surface area contributed by atoms with Crippen molar-refractivity contribution in [1.82, 2.24) is 15.1 Å². The number of methoxy groups -OCH3 is 1. The fourth-order valence-corrected chi connectivity index (χ4v) is 1.86. The molecule has 1 heterocycles. The van der Waals surface area contributed by atoms with Crippen LogP contribution >= 0.6 is 0 Å². The average Bonchev–Trinajstić information content (AvgIpc) is 2.99. The highest BCUT2D eigenvalue weighted by atomic mass is 16.5. The van der Waals surface area contributed by atoms with Crippen molar-refractivity contribution in [1.29, 1.82) is 0 Å². The quantitative estimate of drug-likeness (QED) is 0.714. The van der Waals surface area contributed by atoms with Crippen LogP contribution in [-0.2, 0) is 16.1 Å². The van der Waals surface area contributed by atoms with Gasteiger partial charge in [-0.25, -0.2) is 0 Å². The van der Waals surface area contributed by atoms with E-state index < -0.39 is 0 Å². The number of carbonyl (C=O) groups is 1. The van der Waals surface area contributed by atoms with Crippen LogP contribution in [-0.4, -0.2) is 42.5 Å². The summed E-state index contributed by atoms with van der Waals surface area (Å²) in [5.74, 6) is -0.0640. The van der Waals surface area contributed by atoms with Crippen LogP contribution in [0.2, 0.25) is 0 Å².